The fourth-order valence-corrected chi connectivity index (χ4v) is 5.30. The summed E-state index contributed by atoms with van der Waals surface area (Å²) in [5, 5.41) is 4.86. The van der Waals surface area contributed by atoms with Gasteiger partial charge in [-0.25, -0.2) is 0 Å². The first kappa shape index (κ1) is 20.4. The van der Waals surface area contributed by atoms with Crippen molar-refractivity contribution in [2.24, 2.45) is 11.3 Å². The SMILES string of the molecule is CC1=C(c2cc3ccc(N(C)C(=O)C4CCOC4)cc3[nH]2)C2=C(CC(C)(C)CC2)NC1. The molecule has 5 nitrogen and oxygen atoms in total. The van der Waals surface area contributed by atoms with Gasteiger partial charge in [0.15, 0.2) is 0 Å². The van der Waals surface area contributed by atoms with Crippen molar-refractivity contribution < 1.29 is 9.53 Å². The summed E-state index contributed by atoms with van der Waals surface area (Å²) in [5.74, 6) is 0.114. The van der Waals surface area contributed by atoms with Crippen LogP contribution in [-0.4, -0.2) is 37.7 Å². The van der Waals surface area contributed by atoms with Crippen molar-refractivity contribution in [1.29, 1.82) is 0 Å². The van der Waals surface area contributed by atoms with Gasteiger partial charge in [0.2, 0.25) is 5.91 Å². The van der Waals surface area contributed by atoms with E-state index in [1.54, 1.807) is 4.90 Å². The molecule has 0 spiro atoms. The van der Waals surface area contributed by atoms with Crippen molar-refractivity contribution in [1.82, 2.24) is 10.3 Å². The summed E-state index contributed by atoms with van der Waals surface area (Å²) in [6.07, 6.45) is 4.25. The van der Waals surface area contributed by atoms with Crippen LogP contribution in [0.5, 0.6) is 0 Å². The van der Waals surface area contributed by atoms with Crippen molar-refractivity contribution >= 4 is 28.1 Å². The van der Waals surface area contributed by atoms with Gasteiger partial charge in [-0.3, -0.25) is 4.79 Å². The number of carbonyl (C=O) groups excluding carboxylic acids is 1. The zero-order valence-electron chi connectivity index (χ0n) is 19.1. The lowest BCUT2D eigenvalue weighted by Crippen LogP contribution is -2.33. The van der Waals surface area contributed by atoms with E-state index in [9.17, 15) is 4.79 Å². The van der Waals surface area contributed by atoms with Crippen LogP contribution in [0.4, 0.5) is 5.69 Å². The van der Waals surface area contributed by atoms with Gasteiger partial charge in [0.1, 0.15) is 0 Å². The minimum absolute atomic E-state index is 0.0247. The van der Waals surface area contributed by atoms with Crippen LogP contribution in [0.2, 0.25) is 0 Å². The quantitative estimate of drug-likeness (QED) is 0.735. The molecule has 1 unspecified atom stereocenters. The van der Waals surface area contributed by atoms with E-state index in [1.807, 2.05) is 13.1 Å². The average Bonchev–Trinajstić information content (AvgIpc) is 3.41. The molecule has 2 aromatic rings. The zero-order chi connectivity index (χ0) is 21.8. The molecule has 0 saturated carbocycles. The monoisotopic (exact) mass is 419 g/mol. The van der Waals surface area contributed by atoms with Gasteiger partial charge in [-0.2, -0.15) is 0 Å². The van der Waals surface area contributed by atoms with Crippen molar-refractivity contribution in [2.75, 3.05) is 31.7 Å². The molecule has 31 heavy (non-hydrogen) atoms. The molecule has 1 aromatic carbocycles. The first-order chi connectivity index (χ1) is 14.8. The lowest BCUT2D eigenvalue weighted by molar-refractivity contribution is -0.122. The van der Waals surface area contributed by atoms with Gasteiger partial charge in [0.05, 0.1) is 12.5 Å². The lowest BCUT2D eigenvalue weighted by atomic mass is 9.73. The van der Waals surface area contributed by atoms with E-state index < -0.39 is 0 Å². The Bertz CT molecular complexity index is 1100. The zero-order valence-corrected chi connectivity index (χ0v) is 19.1. The number of aromatic amines is 1. The summed E-state index contributed by atoms with van der Waals surface area (Å²) in [5.41, 5.74) is 9.22. The van der Waals surface area contributed by atoms with E-state index in [0.717, 1.165) is 37.0 Å². The topological polar surface area (TPSA) is 57.4 Å². The standard InChI is InChI=1S/C26H33N3O2/c1-16-14-27-23-13-26(2,3)9-7-20(23)24(16)22-11-17-5-6-19(12-21(17)28-22)29(4)25(30)18-8-10-31-15-18/h5-6,11-12,18,27-28H,7-10,13-15H2,1-4H3. The van der Waals surface area contributed by atoms with E-state index in [4.69, 9.17) is 4.74 Å². The predicted octanol–water partition coefficient (Wildman–Crippen LogP) is 5.01. The number of dihydropyridines is 1. The van der Waals surface area contributed by atoms with E-state index in [1.165, 1.54) is 39.9 Å². The minimum atomic E-state index is -0.0247. The molecule has 2 N–H and O–H groups in total. The molecule has 1 aliphatic carbocycles. The summed E-state index contributed by atoms with van der Waals surface area (Å²) < 4.78 is 5.40. The molecule has 2 aliphatic heterocycles. The highest BCUT2D eigenvalue weighted by Gasteiger charge is 2.32. The van der Waals surface area contributed by atoms with Crippen LogP contribution in [0.3, 0.4) is 0 Å². The maximum atomic E-state index is 12.8. The second kappa shape index (κ2) is 7.56. The molecule has 0 bridgehead atoms. The summed E-state index contributed by atoms with van der Waals surface area (Å²) in [6, 6.07) is 8.53. The molecule has 3 aliphatic rings. The van der Waals surface area contributed by atoms with E-state index in [2.05, 4.69) is 49.3 Å². The molecule has 1 atom stereocenters. The van der Waals surface area contributed by atoms with E-state index in [0.29, 0.717) is 18.6 Å². The normalized spacial score (nSPS) is 23.2. The second-order valence-corrected chi connectivity index (χ2v) is 10.2. The number of fused-ring (bicyclic) bond motifs is 1. The number of carbonyl (C=O) groups is 1. The number of ether oxygens (including phenoxy) is 1. The van der Waals surface area contributed by atoms with Crippen LogP contribution in [0.25, 0.3) is 16.5 Å². The third-order valence-electron chi connectivity index (χ3n) is 7.24. The van der Waals surface area contributed by atoms with Crippen LogP contribution in [0, 0.1) is 11.3 Å². The van der Waals surface area contributed by atoms with Gasteiger partial charge in [-0.1, -0.05) is 19.9 Å². The minimum Gasteiger partial charge on any atom is -0.384 e. The highest BCUT2D eigenvalue weighted by molar-refractivity contribution is 5.98. The summed E-state index contributed by atoms with van der Waals surface area (Å²) in [4.78, 5) is 18.2. The van der Waals surface area contributed by atoms with Gasteiger partial charge in [-0.15, -0.1) is 0 Å². The van der Waals surface area contributed by atoms with Gasteiger partial charge >= 0.3 is 0 Å². The number of anilines is 1. The van der Waals surface area contributed by atoms with Crippen LogP contribution in [-0.2, 0) is 9.53 Å². The Kier molecular flexibility index (Phi) is 4.97. The molecule has 1 aromatic heterocycles. The molecule has 5 rings (SSSR count). The molecule has 1 saturated heterocycles. The Morgan fingerprint density at radius 3 is 2.87 bits per heavy atom. The third kappa shape index (κ3) is 3.69. The van der Waals surface area contributed by atoms with Crippen LogP contribution < -0.4 is 10.2 Å². The van der Waals surface area contributed by atoms with E-state index >= 15 is 0 Å². The largest absolute Gasteiger partial charge is 0.384 e. The predicted molar refractivity (Wildman–Crippen MR) is 126 cm³/mol. The molecule has 0 radical (unpaired) electrons. The Morgan fingerprint density at radius 2 is 2.10 bits per heavy atom. The Labute approximate surface area is 184 Å². The number of H-pyrrole nitrogens is 1. The number of nitrogens with zero attached hydrogens (tertiary/aromatic N) is 1. The Balaban J connectivity index is 1.47. The van der Waals surface area contributed by atoms with Gasteiger partial charge < -0.3 is 19.9 Å². The van der Waals surface area contributed by atoms with Crippen LogP contribution in [0.15, 0.2) is 41.1 Å². The first-order valence-electron chi connectivity index (χ1n) is 11.5. The lowest BCUT2D eigenvalue weighted by Gasteiger charge is -2.37. The fourth-order valence-electron chi connectivity index (χ4n) is 5.30. The fraction of sp³-hybridized carbons (Fsp3) is 0.500. The summed E-state index contributed by atoms with van der Waals surface area (Å²) in [6.45, 7) is 9.09. The number of allylic oxidation sites excluding steroid dienone is 3. The molecular formula is C26H33N3O2. The number of amides is 1. The van der Waals surface area contributed by atoms with Crippen molar-refractivity contribution in [3.05, 3.63) is 46.8 Å². The second-order valence-electron chi connectivity index (χ2n) is 10.2. The summed E-state index contributed by atoms with van der Waals surface area (Å²) in [7, 11) is 1.87. The highest BCUT2D eigenvalue weighted by Crippen LogP contribution is 2.45. The highest BCUT2D eigenvalue weighted by atomic mass is 16.5. The van der Waals surface area contributed by atoms with Crippen molar-refractivity contribution in [2.45, 2.75) is 46.5 Å². The van der Waals surface area contributed by atoms with Gasteiger partial charge in [0, 0.05) is 53.8 Å². The molecule has 5 heteroatoms. The van der Waals surface area contributed by atoms with Gasteiger partial charge in [-0.05, 0) is 67.4 Å². The smallest absolute Gasteiger partial charge is 0.232 e. The number of rotatable bonds is 3. The molecular weight excluding hydrogens is 386 g/mol. The summed E-state index contributed by atoms with van der Waals surface area (Å²) >= 11 is 0. The van der Waals surface area contributed by atoms with Crippen molar-refractivity contribution in [3.63, 3.8) is 0 Å². The third-order valence-corrected chi connectivity index (χ3v) is 7.24. The molecule has 1 fully saturated rings. The van der Waals surface area contributed by atoms with Gasteiger partial charge in [0.25, 0.3) is 0 Å². The number of aromatic nitrogens is 1. The van der Waals surface area contributed by atoms with Crippen molar-refractivity contribution in [3.8, 4) is 0 Å². The molecule has 3 heterocycles. The number of benzene rings is 1. The van der Waals surface area contributed by atoms with E-state index in [-0.39, 0.29) is 11.8 Å². The molecule has 164 valence electrons. The Hall–Kier alpha value is -2.53. The Morgan fingerprint density at radius 1 is 1.26 bits per heavy atom. The number of hydrogen-bond acceptors (Lipinski definition) is 3. The maximum absolute atomic E-state index is 12.8. The molecule has 1 amide bonds. The number of nitrogens with one attached hydrogen (secondary N) is 2. The maximum Gasteiger partial charge on any atom is 0.232 e. The number of hydrogen-bond donors (Lipinski definition) is 2. The average molecular weight is 420 g/mol. The first-order valence-corrected chi connectivity index (χ1v) is 11.5. The van der Waals surface area contributed by atoms with Crippen LogP contribution in [0.1, 0.15) is 52.1 Å². The van der Waals surface area contributed by atoms with Crippen LogP contribution >= 0.6 is 0 Å².